The molecule has 4 aromatic rings. The Kier molecular flexibility index (Phi) is 3.34. The van der Waals surface area contributed by atoms with Gasteiger partial charge in [0, 0.05) is 10.9 Å². The number of hydrogen-bond donors (Lipinski definition) is 2. The maximum atomic E-state index is 12.6. The number of nitrogens with one attached hydrogen (secondary N) is 2. The zero-order chi connectivity index (χ0) is 16.7. The van der Waals surface area contributed by atoms with Crippen molar-refractivity contribution in [1.82, 2.24) is 15.3 Å². The molecule has 0 spiro atoms. The van der Waals surface area contributed by atoms with E-state index in [9.17, 15) is 4.79 Å². The monoisotopic (exact) mass is 319 g/mol. The Morgan fingerprint density at radius 2 is 1.92 bits per heavy atom. The SMILES string of the molecule is Cc1c(C(=O)NC(C)c2nc3ccccc3[nH]2)oc2ccccc12. The molecule has 2 aromatic carbocycles. The Hall–Kier alpha value is -3.08. The average molecular weight is 319 g/mol. The Balaban J connectivity index is 1.61. The van der Waals surface area contributed by atoms with Crippen LogP contribution in [0.4, 0.5) is 0 Å². The lowest BCUT2D eigenvalue weighted by Gasteiger charge is -2.10. The molecular formula is C19H17N3O2. The summed E-state index contributed by atoms with van der Waals surface area (Å²) in [7, 11) is 0. The van der Waals surface area contributed by atoms with Gasteiger partial charge < -0.3 is 14.7 Å². The van der Waals surface area contributed by atoms with Gasteiger partial charge in [-0.1, -0.05) is 30.3 Å². The second kappa shape index (κ2) is 5.53. The van der Waals surface area contributed by atoms with E-state index < -0.39 is 0 Å². The van der Waals surface area contributed by atoms with Gasteiger partial charge >= 0.3 is 0 Å². The smallest absolute Gasteiger partial charge is 0.287 e. The van der Waals surface area contributed by atoms with Gasteiger partial charge in [0.2, 0.25) is 0 Å². The number of aromatic nitrogens is 2. The minimum absolute atomic E-state index is 0.239. The molecule has 1 unspecified atom stereocenters. The van der Waals surface area contributed by atoms with Crippen LogP contribution in [0.25, 0.3) is 22.0 Å². The first-order valence-corrected chi connectivity index (χ1v) is 7.87. The second-order valence-corrected chi connectivity index (χ2v) is 5.89. The van der Waals surface area contributed by atoms with Crippen molar-refractivity contribution in [3.8, 4) is 0 Å². The van der Waals surface area contributed by atoms with Crippen LogP contribution in [0, 0.1) is 6.92 Å². The molecule has 4 rings (SSSR count). The predicted octanol–water partition coefficient (Wildman–Crippen LogP) is 4.11. The van der Waals surface area contributed by atoms with Crippen LogP contribution in [0.3, 0.4) is 0 Å². The van der Waals surface area contributed by atoms with E-state index in [-0.39, 0.29) is 11.9 Å². The van der Waals surface area contributed by atoms with Crippen molar-refractivity contribution in [3.63, 3.8) is 0 Å². The Morgan fingerprint density at radius 3 is 2.71 bits per heavy atom. The number of rotatable bonds is 3. The number of amides is 1. The first kappa shape index (κ1) is 14.5. The molecule has 0 aliphatic rings. The van der Waals surface area contributed by atoms with E-state index in [1.807, 2.05) is 62.4 Å². The number of aryl methyl sites for hydroxylation is 1. The number of hydrogen-bond acceptors (Lipinski definition) is 3. The number of furan rings is 1. The molecular weight excluding hydrogens is 302 g/mol. The molecule has 0 radical (unpaired) electrons. The van der Waals surface area contributed by atoms with Gasteiger partial charge in [0.25, 0.3) is 5.91 Å². The third-order valence-corrected chi connectivity index (χ3v) is 4.22. The fourth-order valence-electron chi connectivity index (χ4n) is 2.90. The van der Waals surface area contributed by atoms with Crippen molar-refractivity contribution in [2.24, 2.45) is 0 Å². The highest BCUT2D eigenvalue weighted by molar-refractivity contribution is 5.99. The molecule has 0 aliphatic heterocycles. The molecule has 2 aromatic heterocycles. The molecule has 5 nitrogen and oxygen atoms in total. The number of nitrogens with zero attached hydrogens (tertiary/aromatic N) is 1. The summed E-state index contributed by atoms with van der Waals surface area (Å²) < 4.78 is 5.71. The Morgan fingerprint density at radius 1 is 1.17 bits per heavy atom. The zero-order valence-corrected chi connectivity index (χ0v) is 13.5. The summed E-state index contributed by atoms with van der Waals surface area (Å²) in [6.45, 7) is 3.79. The molecule has 5 heteroatoms. The number of H-pyrrole nitrogens is 1. The van der Waals surface area contributed by atoms with Crippen molar-refractivity contribution in [1.29, 1.82) is 0 Å². The van der Waals surface area contributed by atoms with Crippen molar-refractivity contribution in [2.75, 3.05) is 0 Å². The Labute approximate surface area is 138 Å². The van der Waals surface area contributed by atoms with Crippen LogP contribution in [0.15, 0.2) is 52.9 Å². The molecule has 0 fully saturated rings. The van der Waals surface area contributed by atoms with Crippen LogP contribution in [0.2, 0.25) is 0 Å². The molecule has 0 saturated heterocycles. The highest BCUT2D eigenvalue weighted by atomic mass is 16.3. The summed E-state index contributed by atoms with van der Waals surface area (Å²) in [6.07, 6.45) is 0. The van der Waals surface area contributed by atoms with Gasteiger partial charge in [-0.3, -0.25) is 4.79 Å². The quantitative estimate of drug-likeness (QED) is 0.597. The van der Waals surface area contributed by atoms with Gasteiger partial charge in [0.05, 0.1) is 17.1 Å². The Bertz CT molecular complexity index is 1010. The summed E-state index contributed by atoms with van der Waals surface area (Å²) in [5.41, 5.74) is 3.40. The molecule has 24 heavy (non-hydrogen) atoms. The highest BCUT2D eigenvalue weighted by Gasteiger charge is 2.20. The molecule has 1 atom stereocenters. The van der Waals surface area contributed by atoms with Gasteiger partial charge in [0.1, 0.15) is 11.4 Å². The maximum Gasteiger partial charge on any atom is 0.287 e. The lowest BCUT2D eigenvalue weighted by Crippen LogP contribution is -2.27. The number of carbonyl (C=O) groups excluding carboxylic acids is 1. The number of aromatic amines is 1. The highest BCUT2D eigenvalue weighted by Crippen LogP contribution is 2.25. The van der Waals surface area contributed by atoms with E-state index in [4.69, 9.17) is 4.42 Å². The lowest BCUT2D eigenvalue weighted by molar-refractivity contribution is 0.0911. The maximum absolute atomic E-state index is 12.6. The van der Waals surface area contributed by atoms with E-state index in [0.29, 0.717) is 5.76 Å². The van der Waals surface area contributed by atoms with E-state index in [1.165, 1.54) is 0 Å². The van der Waals surface area contributed by atoms with E-state index >= 15 is 0 Å². The van der Waals surface area contributed by atoms with E-state index in [1.54, 1.807) is 0 Å². The second-order valence-electron chi connectivity index (χ2n) is 5.89. The van der Waals surface area contributed by atoms with Crippen LogP contribution >= 0.6 is 0 Å². The third kappa shape index (κ3) is 2.34. The van der Waals surface area contributed by atoms with Gasteiger partial charge in [0.15, 0.2) is 5.76 Å². The topological polar surface area (TPSA) is 70.9 Å². The van der Waals surface area contributed by atoms with Crippen molar-refractivity contribution < 1.29 is 9.21 Å². The summed E-state index contributed by atoms with van der Waals surface area (Å²) >= 11 is 0. The van der Waals surface area contributed by atoms with Crippen LogP contribution in [0.1, 0.15) is 34.9 Å². The van der Waals surface area contributed by atoms with Gasteiger partial charge in [-0.05, 0) is 32.0 Å². The normalized spacial score (nSPS) is 12.6. The minimum atomic E-state index is -0.252. The number of imidazole rings is 1. The van der Waals surface area contributed by atoms with Crippen molar-refractivity contribution in [3.05, 3.63) is 65.7 Å². The zero-order valence-electron chi connectivity index (χ0n) is 13.5. The first-order chi connectivity index (χ1) is 11.6. The number of para-hydroxylation sites is 3. The fraction of sp³-hybridized carbons (Fsp3) is 0.158. The van der Waals surface area contributed by atoms with Crippen LogP contribution in [-0.2, 0) is 0 Å². The van der Waals surface area contributed by atoms with E-state index in [0.717, 1.165) is 33.4 Å². The number of carbonyl (C=O) groups is 1. The first-order valence-electron chi connectivity index (χ1n) is 7.87. The van der Waals surface area contributed by atoms with Crippen LogP contribution in [-0.4, -0.2) is 15.9 Å². The van der Waals surface area contributed by atoms with Gasteiger partial charge in [-0.15, -0.1) is 0 Å². The standard InChI is InChI=1S/C19H17N3O2/c1-11-13-7-3-6-10-16(13)24-17(11)19(23)20-12(2)18-21-14-8-4-5-9-15(14)22-18/h3-10,12H,1-2H3,(H,20,23)(H,21,22). The third-order valence-electron chi connectivity index (χ3n) is 4.22. The number of fused-ring (bicyclic) bond motifs is 2. The van der Waals surface area contributed by atoms with Crippen LogP contribution < -0.4 is 5.32 Å². The minimum Gasteiger partial charge on any atom is -0.451 e. The molecule has 2 heterocycles. The van der Waals surface area contributed by atoms with Gasteiger partial charge in [-0.25, -0.2) is 4.98 Å². The lowest BCUT2D eigenvalue weighted by atomic mass is 10.1. The average Bonchev–Trinajstić information content (AvgIpc) is 3.17. The molecule has 120 valence electrons. The van der Waals surface area contributed by atoms with Gasteiger partial charge in [-0.2, -0.15) is 0 Å². The van der Waals surface area contributed by atoms with Crippen molar-refractivity contribution in [2.45, 2.75) is 19.9 Å². The molecule has 1 amide bonds. The van der Waals surface area contributed by atoms with E-state index in [2.05, 4.69) is 15.3 Å². The summed E-state index contributed by atoms with van der Waals surface area (Å²) in [6, 6.07) is 15.2. The summed E-state index contributed by atoms with van der Waals surface area (Å²) in [5, 5.41) is 3.91. The summed E-state index contributed by atoms with van der Waals surface area (Å²) in [4.78, 5) is 20.3. The molecule has 0 aliphatic carbocycles. The largest absolute Gasteiger partial charge is 0.451 e. The predicted molar refractivity (Wildman–Crippen MR) is 92.9 cm³/mol. The van der Waals surface area contributed by atoms with Crippen molar-refractivity contribution >= 4 is 27.9 Å². The summed E-state index contributed by atoms with van der Waals surface area (Å²) in [5.74, 6) is 0.828. The number of benzene rings is 2. The molecule has 2 N–H and O–H groups in total. The molecule has 0 bridgehead atoms. The molecule has 0 saturated carbocycles. The fourth-order valence-corrected chi connectivity index (χ4v) is 2.90. The van der Waals surface area contributed by atoms with Crippen LogP contribution in [0.5, 0.6) is 0 Å².